The smallest absolute Gasteiger partial charge is 0.324 e. The van der Waals surface area contributed by atoms with Crippen LogP contribution in [0.1, 0.15) is 5.56 Å². The minimum Gasteiger partial charge on any atom is -0.489 e. The Kier molecular flexibility index (Phi) is 8.68. The zero-order chi connectivity index (χ0) is 27.3. The number of piperazine rings is 1. The first-order valence-corrected chi connectivity index (χ1v) is 15.4. The van der Waals surface area contributed by atoms with Gasteiger partial charge in [0.15, 0.2) is 0 Å². The summed E-state index contributed by atoms with van der Waals surface area (Å²) >= 11 is 0. The monoisotopic (exact) mass is 561 g/mol. The second kappa shape index (κ2) is 11.8. The Morgan fingerprint density at radius 2 is 1.58 bits per heavy atom. The van der Waals surface area contributed by atoms with E-state index in [1.165, 1.54) is 23.5 Å². The van der Waals surface area contributed by atoms with Crippen LogP contribution in [0, 0.1) is 0 Å². The average molecular weight is 562 g/mol. The molecule has 1 fully saturated rings. The van der Waals surface area contributed by atoms with Gasteiger partial charge in [0.25, 0.3) is 0 Å². The topological polar surface area (TPSA) is 122 Å². The van der Waals surface area contributed by atoms with Gasteiger partial charge in [-0.25, -0.2) is 21.6 Å². The van der Waals surface area contributed by atoms with Crippen molar-refractivity contribution in [3.8, 4) is 5.75 Å². The molecule has 0 unspecified atom stereocenters. The Hall–Kier alpha value is -3.03. The zero-order valence-electron chi connectivity index (χ0n) is 21.2. The lowest BCUT2D eigenvalue weighted by Crippen LogP contribution is -2.56. The van der Waals surface area contributed by atoms with Crippen molar-refractivity contribution in [2.24, 2.45) is 0 Å². The van der Waals surface area contributed by atoms with Crippen molar-refractivity contribution >= 4 is 36.8 Å². The molecule has 10 nitrogen and oxygen atoms in total. The lowest BCUT2D eigenvalue weighted by atomic mass is 10.1. The molecule has 1 saturated heterocycles. The highest BCUT2D eigenvalue weighted by Gasteiger charge is 2.33. The van der Waals surface area contributed by atoms with Crippen molar-refractivity contribution in [1.29, 1.82) is 0 Å². The molecule has 0 spiro atoms. The third-order valence-corrected chi connectivity index (χ3v) is 9.27. The van der Waals surface area contributed by atoms with Crippen molar-refractivity contribution < 1.29 is 31.1 Å². The third kappa shape index (κ3) is 6.69. The third-order valence-electron chi connectivity index (χ3n) is 6.53. The van der Waals surface area contributed by atoms with Gasteiger partial charge >= 0.3 is 5.97 Å². The van der Waals surface area contributed by atoms with Gasteiger partial charge in [-0.2, -0.15) is 4.31 Å². The van der Waals surface area contributed by atoms with E-state index >= 15 is 0 Å². The van der Waals surface area contributed by atoms with Gasteiger partial charge in [-0.05, 0) is 40.6 Å². The van der Waals surface area contributed by atoms with Crippen LogP contribution in [0.2, 0.25) is 0 Å². The van der Waals surface area contributed by atoms with E-state index in [-0.39, 0.29) is 37.6 Å². The Balaban J connectivity index is 1.38. The molecule has 12 heteroatoms. The van der Waals surface area contributed by atoms with E-state index in [4.69, 9.17) is 9.47 Å². The number of sulfonamides is 2. The van der Waals surface area contributed by atoms with Crippen molar-refractivity contribution in [2.45, 2.75) is 17.5 Å². The lowest BCUT2D eigenvalue weighted by Gasteiger charge is -2.36. The van der Waals surface area contributed by atoms with E-state index in [0.717, 1.165) is 22.6 Å². The van der Waals surface area contributed by atoms with Crippen LogP contribution in [-0.2, 0) is 36.2 Å². The summed E-state index contributed by atoms with van der Waals surface area (Å²) in [5.74, 6) is -0.0780. The molecule has 0 bridgehead atoms. The normalized spacial score (nSPS) is 16.3. The molecule has 0 saturated carbocycles. The lowest BCUT2D eigenvalue weighted by molar-refractivity contribution is -0.147. The Morgan fingerprint density at radius 3 is 2.24 bits per heavy atom. The largest absolute Gasteiger partial charge is 0.489 e. The van der Waals surface area contributed by atoms with Gasteiger partial charge in [-0.3, -0.25) is 9.69 Å². The maximum absolute atomic E-state index is 12.9. The van der Waals surface area contributed by atoms with E-state index in [2.05, 4.69) is 4.72 Å². The molecule has 1 atom stereocenters. The van der Waals surface area contributed by atoms with E-state index in [0.29, 0.717) is 12.4 Å². The number of rotatable bonds is 10. The molecule has 1 heterocycles. The first-order valence-electron chi connectivity index (χ1n) is 12.0. The van der Waals surface area contributed by atoms with Crippen LogP contribution < -0.4 is 9.46 Å². The highest BCUT2D eigenvalue weighted by Crippen LogP contribution is 2.22. The number of esters is 1. The van der Waals surface area contributed by atoms with Gasteiger partial charge in [0.05, 0.1) is 18.3 Å². The van der Waals surface area contributed by atoms with Crippen molar-refractivity contribution in [2.75, 3.05) is 46.1 Å². The molecular formula is C26H31N3O7S2. The number of fused-ring (bicyclic) bond motifs is 1. The molecule has 0 radical (unpaired) electrons. The summed E-state index contributed by atoms with van der Waals surface area (Å²) in [4.78, 5) is 14.2. The fourth-order valence-electron chi connectivity index (χ4n) is 4.41. The number of nitrogens with one attached hydrogen (secondary N) is 1. The molecule has 1 aliphatic heterocycles. The minimum atomic E-state index is -3.93. The average Bonchev–Trinajstić information content (AvgIpc) is 2.91. The zero-order valence-corrected chi connectivity index (χ0v) is 22.9. The molecule has 3 aromatic carbocycles. The number of carbonyl (C=O) groups excluding carboxylic acids is 1. The Labute approximate surface area is 223 Å². The van der Waals surface area contributed by atoms with E-state index < -0.39 is 32.1 Å². The van der Waals surface area contributed by atoms with Crippen LogP contribution in [0.3, 0.4) is 0 Å². The molecule has 0 aromatic heterocycles. The van der Waals surface area contributed by atoms with Gasteiger partial charge in [0, 0.05) is 32.7 Å². The highest BCUT2D eigenvalue weighted by molar-refractivity contribution is 7.89. The van der Waals surface area contributed by atoms with Crippen LogP contribution in [0.5, 0.6) is 5.75 Å². The number of methoxy groups -OCH3 is 1. The molecule has 0 amide bonds. The number of carbonyl (C=O) groups is 1. The SMILES string of the molecule is COC(=O)[C@H](CNS(=O)(=O)c1ccc(OCc2cccc3ccccc23)cc1)N1CCN(S(C)(=O)=O)CC1. The number of benzene rings is 3. The molecular weight excluding hydrogens is 530 g/mol. The first-order chi connectivity index (χ1) is 18.1. The summed E-state index contributed by atoms with van der Waals surface area (Å²) in [7, 11) is -6.04. The molecule has 3 aromatic rings. The van der Waals surface area contributed by atoms with Crippen molar-refractivity contribution in [3.05, 3.63) is 72.3 Å². The maximum Gasteiger partial charge on any atom is 0.324 e. The standard InChI is InChI=1S/C26H31N3O7S2/c1-35-26(30)25(28-14-16-29(17-15-28)37(2,31)32)18-27-38(33,34)23-12-10-22(11-13-23)36-19-21-8-5-7-20-6-3-4-9-24(20)21/h3-13,25,27H,14-19H2,1-2H3/t25-/m0/s1. The molecule has 0 aliphatic carbocycles. The summed E-state index contributed by atoms with van der Waals surface area (Å²) in [5, 5.41) is 2.21. The molecule has 4 rings (SSSR count). The second-order valence-corrected chi connectivity index (χ2v) is 12.7. The van der Waals surface area contributed by atoms with Crippen molar-refractivity contribution in [1.82, 2.24) is 13.9 Å². The van der Waals surface area contributed by atoms with E-state index in [9.17, 15) is 21.6 Å². The molecule has 1 N–H and O–H groups in total. The second-order valence-electron chi connectivity index (χ2n) is 8.99. The van der Waals surface area contributed by atoms with Gasteiger partial charge < -0.3 is 9.47 Å². The summed E-state index contributed by atoms with van der Waals surface area (Å²) in [6.45, 7) is 1.08. The van der Waals surface area contributed by atoms with Gasteiger partial charge in [0.2, 0.25) is 20.0 Å². The Bertz CT molecular complexity index is 1480. The predicted molar refractivity (Wildman–Crippen MR) is 144 cm³/mol. The highest BCUT2D eigenvalue weighted by atomic mass is 32.2. The fraction of sp³-hybridized carbons (Fsp3) is 0.346. The first kappa shape index (κ1) is 28.0. The molecule has 38 heavy (non-hydrogen) atoms. The number of ether oxygens (including phenoxy) is 2. The summed E-state index contributed by atoms with van der Waals surface area (Å²) in [6.07, 6.45) is 1.13. The van der Waals surface area contributed by atoms with Crippen LogP contribution >= 0.6 is 0 Å². The number of nitrogens with zero attached hydrogens (tertiary/aromatic N) is 2. The molecule has 1 aliphatic rings. The van der Waals surface area contributed by atoms with E-state index in [1.54, 1.807) is 17.0 Å². The predicted octanol–water partition coefficient (Wildman–Crippen LogP) is 1.82. The summed E-state index contributed by atoms with van der Waals surface area (Å²) < 4.78 is 64.0. The van der Waals surface area contributed by atoms with Crippen LogP contribution in [0.15, 0.2) is 71.6 Å². The number of hydrogen-bond acceptors (Lipinski definition) is 8. The van der Waals surface area contributed by atoms with Gasteiger partial charge in [-0.1, -0.05) is 42.5 Å². The van der Waals surface area contributed by atoms with E-state index in [1.807, 2.05) is 42.5 Å². The quantitative estimate of drug-likeness (QED) is 0.372. The maximum atomic E-state index is 12.9. The number of hydrogen-bond donors (Lipinski definition) is 1. The van der Waals surface area contributed by atoms with Crippen molar-refractivity contribution in [3.63, 3.8) is 0 Å². The van der Waals surface area contributed by atoms with Crippen LogP contribution in [0.25, 0.3) is 10.8 Å². The van der Waals surface area contributed by atoms with Gasteiger partial charge in [-0.15, -0.1) is 0 Å². The van der Waals surface area contributed by atoms with Gasteiger partial charge in [0.1, 0.15) is 18.4 Å². The van der Waals surface area contributed by atoms with Crippen LogP contribution in [0.4, 0.5) is 0 Å². The minimum absolute atomic E-state index is 0.0283. The Morgan fingerprint density at radius 1 is 0.921 bits per heavy atom. The fourth-order valence-corrected chi connectivity index (χ4v) is 6.28. The summed E-state index contributed by atoms with van der Waals surface area (Å²) in [5.41, 5.74) is 1.02. The van der Waals surface area contributed by atoms with Crippen LogP contribution in [-0.4, -0.2) is 84.1 Å². The summed E-state index contributed by atoms with van der Waals surface area (Å²) in [6, 6.07) is 19.2. The molecule has 204 valence electrons.